The van der Waals surface area contributed by atoms with E-state index in [9.17, 15) is 31.6 Å². The van der Waals surface area contributed by atoms with Gasteiger partial charge in [-0.3, -0.25) is 4.57 Å². The fraction of sp³-hybridized carbons (Fsp3) is 0.103. The first-order valence-electron chi connectivity index (χ1n) is 26.3. The molecule has 1 aliphatic carbocycles. The highest BCUT2D eigenvalue weighted by Crippen LogP contribution is 2.50. The van der Waals surface area contributed by atoms with Crippen molar-refractivity contribution in [1.82, 2.24) is 24.1 Å². The lowest BCUT2D eigenvalue weighted by molar-refractivity contribution is 0.294. The van der Waals surface area contributed by atoms with Crippen molar-refractivity contribution in [2.75, 3.05) is 17.2 Å². The fourth-order valence-corrected chi connectivity index (χ4v) is 11.4. The lowest BCUT2D eigenvalue weighted by Crippen LogP contribution is -2.25. The number of anilines is 2. The molecule has 0 spiro atoms. The van der Waals surface area contributed by atoms with Crippen molar-refractivity contribution in [1.29, 1.82) is 31.6 Å². The van der Waals surface area contributed by atoms with Gasteiger partial charge in [0.1, 0.15) is 5.69 Å². The first kappa shape index (κ1) is 50.2. The zero-order valence-electron chi connectivity index (χ0n) is 44.0. The second kappa shape index (κ2) is 20.7. The van der Waals surface area contributed by atoms with Gasteiger partial charge in [0.2, 0.25) is 0 Å². The van der Waals surface area contributed by atoms with E-state index in [-0.39, 0.29) is 17.7 Å². The zero-order chi connectivity index (χ0) is 55.9. The van der Waals surface area contributed by atoms with Gasteiger partial charge in [-0.15, -0.1) is 0 Å². The Bertz CT molecular complexity index is 4540. The summed E-state index contributed by atoms with van der Waals surface area (Å²) >= 11 is 0. The Kier molecular flexibility index (Phi) is 12.9. The van der Waals surface area contributed by atoms with Crippen LogP contribution in [0.4, 0.5) is 11.5 Å². The summed E-state index contributed by atoms with van der Waals surface area (Å²) in [7, 11) is 0. The van der Waals surface area contributed by atoms with Gasteiger partial charge >= 0.3 is 0 Å². The Morgan fingerprint density at radius 3 is 1.47 bits per heavy atom. The molecule has 4 aromatic heterocycles. The third-order valence-electron chi connectivity index (χ3n) is 15.3. The summed E-state index contributed by atoms with van der Waals surface area (Å²) in [5.41, 5.74) is 19.6. The van der Waals surface area contributed by atoms with Gasteiger partial charge < -0.3 is 15.2 Å². The van der Waals surface area contributed by atoms with E-state index in [4.69, 9.17) is 20.7 Å². The van der Waals surface area contributed by atoms with E-state index in [1.807, 2.05) is 170 Å². The molecule has 7 aromatic carbocycles. The van der Waals surface area contributed by atoms with Crippen molar-refractivity contribution in [3.05, 3.63) is 209 Å². The lowest BCUT2D eigenvalue weighted by Gasteiger charge is -2.32. The topological polar surface area (TPSA) is 221 Å². The van der Waals surface area contributed by atoms with Crippen molar-refractivity contribution >= 4 is 55.1 Å². The molecule has 13 heteroatoms. The minimum atomic E-state index is -0.0919. The van der Waals surface area contributed by atoms with E-state index in [0.717, 1.165) is 16.8 Å². The molecule has 12 rings (SSSR count). The Balaban J connectivity index is 1.28. The number of nitrogens with zero attached hydrogens (tertiary/aromatic N) is 12. The number of nitrogens with two attached hydrogens (primary N) is 1. The van der Waals surface area contributed by atoms with Gasteiger partial charge in [0.25, 0.3) is 0 Å². The largest absolute Gasteiger partial charge is 0.382 e. The summed E-state index contributed by atoms with van der Waals surface area (Å²) in [6, 6.07) is 65.8. The summed E-state index contributed by atoms with van der Waals surface area (Å²) in [5, 5.41) is 64.3. The minimum Gasteiger partial charge on any atom is -0.382 e. The molecule has 0 aliphatic heterocycles. The standard InChI is InChI=1S/C68H45N13/c1-3-79(41(2)18-23-49(40-74)50-28-46(29-50)39-73)64-63(51-16-10-11-17-52(51)67-76-57(47-12-6-4-7-13-47)34-58(77-67)48-14-8-5-9-15-48)65(80-59-24-19-42(35-69)30-53(59)54-31-43(36-70)20-25-60(54)80)68(78-66(64)75)81-61-26-21-44(37-71)32-55(61)56-33-45(38-72)22-27-62(56)81/h4-27,30-34,46,50H,3,28-29H2,1-2H3,(H2,75,78)/b41-18+,49-23-. The maximum Gasteiger partial charge on any atom is 0.165 e. The van der Waals surface area contributed by atoms with E-state index >= 15 is 0 Å². The molecule has 2 N–H and O–H groups in total. The van der Waals surface area contributed by atoms with Crippen LogP contribution in [0.1, 0.15) is 48.9 Å². The molecular weight excluding hydrogens is 999 g/mol. The molecular formula is C68H45N13. The van der Waals surface area contributed by atoms with E-state index in [1.54, 1.807) is 24.3 Å². The van der Waals surface area contributed by atoms with Gasteiger partial charge in [0.15, 0.2) is 17.5 Å². The average Bonchev–Trinajstić information content (AvgIpc) is 2.82. The van der Waals surface area contributed by atoms with Crippen molar-refractivity contribution in [2.24, 2.45) is 11.8 Å². The number of nitriles is 6. The Morgan fingerprint density at radius 1 is 0.568 bits per heavy atom. The van der Waals surface area contributed by atoms with Crippen LogP contribution < -0.4 is 10.6 Å². The summed E-state index contributed by atoms with van der Waals surface area (Å²) in [4.78, 5) is 18.4. The summed E-state index contributed by atoms with van der Waals surface area (Å²) in [6.07, 6.45) is 4.99. The van der Waals surface area contributed by atoms with Crippen LogP contribution in [0.25, 0.3) is 100 Å². The normalized spacial score (nSPS) is 14.1. The van der Waals surface area contributed by atoms with E-state index < -0.39 is 0 Å². The second-order valence-electron chi connectivity index (χ2n) is 20.0. The molecule has 0 saturated heterocycles. The monoisotopic (exact) mass is 1040 g/mol. The SMILES string of the molecule is CCN(/C(C)=C/C=C(/C#N)C1CC(C#N)C1)c1c(N)nc(-n2c3ccc(C#N)cc3c3cc(C#N)ccc32)c(-n2c3ccc(C#N)cc3c3cc(C#N)ccc32)c1-c1ccccc1-c1nc(-c2ccccc2)cc(-c2ccccc2)n1. The van der Waals surface area contributed by atoms with Gasteiger partial charge in [-0.05, 0) is 129 Å². The van der Waals surface area contributed by atoms with Gasteiger partial charge in [-0.1, -0.05) is 84.9 Å². The number of fused-ring (bicyclic) bond motifs is 6. The van der Waals surface area contributed by atoms with Crippen LogP contribution in [0, 0.1) is 79.8 Å². The number of nitrogen functional groups attached to an aromatic ring is 1. The first-order chi connectivity index (χ1) is 39.7. The number of aromatic nitrogens is 5. The molecule has 1 saturated carbocycles. The molecule has 1 aliphatic rings. The van der Waals surface area contributed by atoms with Gasteiger partial charge in [0.05, 0.1) is 97.8 Å². The fourth-order valence-electron chi connectivity index (χ4n) is 11.4. The summed E-state index contributed by atoms with van der Waals surface area (Å²) in [5.74, 6) is 0.828. The lowest BCUT2D eigenvalue weighted by atomic mass is 9.72. The molecule has 0 radical (unpaired) electrons. The maximum absolute atomic E-state index is 10.5. The number of pyridine rings is 1. The quantitative estimate of drug-likeness (QED) is 0.0948. The molecule has 11 aromatic rings. The predicted octanol–water partition coefficient (Wildman–Crippen LogP) is 14.5. The zero-order valence-corrected chi connectivity index (χ0v) is 44.0. The Morgan fingerprint density at radius 2 is 1.02 bits per heavy atom. The van der Waals surface area contributed by atoms with Gasteiger partial charge in [0, 0.05) is 67.5 Å². The van der Waals surface area contributed by atoms with Crippen molar-refractivity contribution < 1.29 is 0 Å². The van der Waals surface area contributed by atoms with Crippen molar-refractivity contribution in [2.45, 2.75) is 26.7 Å². The Labute approximate surface area is 466 Å². The van der Waals surface area contributed by atoms with Crippen LogP contribution in [0.15, 0.2) is 187 Å². The van der Waals surface area contributed by atoms with E-state index in [1.165, 1.54) is 0 Å². The van der Waals surface area contributed by atoms with Crippen LogP contribution in [-0.4, -0.2) is 30.6 Å². The highest BCUT2D eigenvalue weighted by Gasteiger charge is 2.34. The molecule has 81 heavy (non-hydrogen) atoms. The molecule has 13 nitrogen and oxygen atoms in total. The highest BCUT2D eigenvalue weighted by atomic mass is 15.2. The second-order valence-corrected chi connectivity index (χ2v) is 20.0. The molecule has 0 unspecified atom stereocenters. The third-order valence-corrected chi connectivity index (χ3v) is 15.3. The number of rotatable bonds is 11. The summed E-state index contributed by atoms with van der Waals surface area (Å²) in [6.45, 7) is 4.37. The molecule has 0 bridgehead atoms. The maximum atomic E-state index is 10.5. The van der Waals surface area contributed by atoms with Crippen LogP contribution in [-0.2, 0) is 0 Å². The summed E-state index contributed by atoms with van der Waals surface area (Å²) < 4.78 is 4.14. The predicted molar refractivity (Wildman–Crippen MR) is 316 cm³/mol. The van der Waals surface area contributed by atoms with Crippen LogP contribution >= 0.6 is 0 Å². The van der Waals surface area contributed by atoms with Crippen LogP contribution in [0.2, 0.25) is 0 Å². The minimum absolute atomic E-state index is 0.0376. The number of hydrogen-bond donors (Lipinski definition) is 1. The molecule has 382 valence electrons. The van der Waals surface area contributed by atoms with Gasteiger partial charge in [-0.25, -0.2) is 15.0 Å². The van der Waals surface area contributed by atoms with Crippen LogP contribution in [0.5, 0.6) is 0 Å². The first-order valence-corrected chi connectivity index (χ1v) is 26.3. The number of allylic oxidation sites excluding steroid dienone is 4. The van der Waals surface area contributed by atoms with Crippen LogP contribution in [0.3, 0.4) is 0 Å². The van der Waals surface area contributed by atoms with E-state index in [0.29, 0.717) is 142 Å². The molecule has 0 amide bonds. The third kappa shape index (κ3) is 8.68. The molecule has 4 heterocycles. The highest BCUT2D eigenvalue weighted by molar-refractivity contribution is 6.14. The van der Waals surface area contributed by atoms with Crippen molar-refractivity contribution in [3.63, 3.8) is 0 Å². The smallest absolute Gasteiger partial charge is 0.165 e. The number of hydrogen-bond acceptors (Lipinski definition) is 11. The van der Waals surface area contributed by atoms with E-state index in [2.05, 4.69) is 45.9 Å². The van der Waals surface area contributed by atoms with Crippen molar-refractivity contribution in [3.8, 4) is 93.0 Å². The Hall–Kier alpha value is -11.6. The number of benzene rings is 7. The van der Waals surface area contributed by atoms with Gasteiger partial charge in [-0.2, -0.15) is 31.6 Å². The molecule has 0 atom stereocenters. The average molecular weight is 1040 g/mol. The molecule has 1 fully saturated rings.